The fraction of sp³-hybridized carbons (Fsp3) is 0.400. The van der Waals surface area contributed by atoms with Crippen molar-refractivity contribution in [1.29, 1.82) is 0 Å². The van der Waals surface area contributed by atoms with Crippen LogP contribution in [0.5, 0.6) is 0 Å². The summed E-state index contributed by atoms with van der Waals surface area (Å²) in [4.78, 5) is 0.318. The van der Waals surface area contributed by atoms with Crippen molar-refractivity contribution in [3.8, 4) is 0 Å². The highest BCUT2D eigenvalue weighted by Gasteiger charge is 2.31. The molecule has 0 aliphatic carbocycles. The molecule has 3 nitrogen and oxygen atoms in total. The number of hydrogen-bond acceptors (Lipinski definition) is 3. The van der Waals surface area contributed by atoms with E-state index >= 15 is 0 Å². The van der Waals surface area contributed by atoms with Gasteiger partial charge in [0.25, 0.3) is 0 Å². The summed E-state index contributed by atoms with van der Waals surface area (Å²) < 4.78 is 31.8. The summed E-state index contributed by atoms with van der Waals surface area (Å²) >= 11 is 0. The number of aryl methyl sites for hydroxylation is 1. The van der Waals surface area contributed by atoms with Crippen molar-refractivity contribution in [3.05, 3.63) is 66.2 Å². The molecule has 0 heterocycles. The molecule has 4 heteroatoms. The minimum Gasteiger partial charge on any atom is -0.356 e. The van der Waals surface area contributed by atoms with E-state index in [0.717, 1.165) is 12.8 Å². The van der Waals surface area contributed by atoms with Gasteiger partial charge in [0.15, 0.2) is 5.44 Å². The van der Waals surface area contributed by atoms with Gasteiger partial charge in [-0.15, -0.1) is 0 Å². The van der Waals surface area contributed by atoms with Gasteiger partial charge in [-0.3, -0.25) is 0 Å². The predicted molar refractivity (Wildman–Crippen MR) is 97.6 cm³/mol. The predicted octanol–water partition coefficient (Wildman–Crippen LogP) is 4.62. The SMILES string of the molecule is CC(C)(C)OC(CCCc1ccccc1)S(=O)(=O)c1ccccc1. The lowest BCUT2D eigenvalue weighted by Gasteiger charge is -2.27. The number of sulfone groups is 1. The molecule has 1 unspecified atom stereocenters. The minimum absolute atomic E-state index is 0.318. The van der Waals surface area contributed by atoms with Crippen LogP contribution >= 0.6 is 0 Å². The van der Waals surface area contributed by atoms with Crippen LogP contribution in [0.1, 0.15) is 39.2 Å². The number of hydrogen-bond donors (Lipinski definition) is 0. The quantitative estimate of drug-likeness (QED) is 0.734. The van der Waals surface area contributed by atoms with Gasteiger partial charge in [0.1, 0.15) is 0 Å². The third-order valence-electron chi connectivity index (χ3n) is 3.65. The summed E-state index contributed by atoms with van der Waals surface area (Å²) in [6, 6.07) is 18.7. The second-order valence-electron chi connectivity index (χ2n) is 6.90. The first-order valence-corrected chi connectivity index (χ1v) is 9.84. The number of ether oxygens (including phenoxy) is 1. The van der Waals surface area contributed by atoms with Crippen molar-refractivity contribution in [1.82, 2.24) is 0 Å². The summed E-state index contributed by atoms with van der Waals surface area (Å²) in [5, 5.41) is 0. The first-order chi connectivity index (χ1) is 11.3. The van der Waals surface area contributed by atoms with E-state index in [1.54, 1.807) is 24.3 Å². The molecule has 0 fully saturated rings. The second-order valence-corrected chi connectivity index (χ2v) is 8.98. The Labute approximate surface area is 145 Å². The largest absolute Gasteiger partial charge is 0.356 e. The summed E-state index contributed by atoms with van der Waals surface area (Å²) in [5.74, 6) is 0. The monoisotopic (exact) mass is 346 g/mol. The zero-order valence-corrected chi connectivity index (χ0v) is 15.4. The van der Waals surface area contributed by atoms with E-state index in [1.807, 2.05) is 45.0 Å². The third kappa shape index (κ3) is 5.46. The van der Waals surface area contributed by atoms with Crippen LogP contribution in [-0.2, 0) is 21.0 Å². The molecule has 2 aromatic carbocycles. The lowest BCUT2D eigenvalue weighted by molar-refractivity contribution is -0.0266. The molecule has 0 saturated heterocycles. The molecule has 1 atom stereocenters. The lowest BCUT2D eigenvalue weighted by atomic mass is 10.1. The number of benzene rings is 2. The van der Waals surface area contributed by atoms with Gasteiger partial charge in [-0.05, 0) is 57.7 Å². The molecule has 0 bridgehead atoms. The zero-order valence-electron chi connectivity index (χ0n) is 14.6. The molecule has 0 amide bonds. The Morgan fingerprint density at radius 3 is 2.00 bits per heavy atom. The Morgan fingerprint density at radius 2 is 1.46 bits per heavy atom. The van der Waals surface area contributed by atoms with Crippen LogP contribution in [0.3, 0.4) is 0 Å². The summed E-state index contributed by atoms with van der Waals surface area (Å²) in [6.45, 7) is 5.66. The van der Waals surface area contributed by atoms with Gasteiger partial charge in [0.05, 0.1) is 10.5 Å². The average molecular weight is 346 g/mol. The molecule has 0 spiro atoms. The molecule has 0 aliphatic heterocycles. The molecule has 2 aromatic rings. The van der Waals surface area contributed by atoms with Crippen molar-refractivity contribution < 1.29 is 13.2 Å². The van der Waals surface area contributed by atoms with Crippen molar-refractivity contribution in [3.63, 3.8) is 0 Å². The van der Waals surface area contributed by atoms with Crippen LogP contribution in [-0.4, -0.2) is 19.5 Å². The van der Waals surface area contributed by atoms with Gasteiger partial charge < -0.3 is 4.74 Å². The van der Waals surface area contributed by atoms with E-state index in [4.69, 9.17) is 4.74 Å². The first kappa shape index (κ1) is 18.7. The first-order valence-electron chi connectivity index (χ1n) is 8.30. The van der Waals surface area contributed by atoms with Crippen LogP contribution in [0.25, 0.3) is 0 Å². The van der Waals surface area contributed by atoms with Gasteiger partial charge in [-0.25, -0.2) is 8.42 Å². The van der Waals surface area contributed by atoms with E-state index in [0.29, 0.717) is 11.3 Å². The Kier molecular flexibility index (Phi) is 6.19. The summed E-state index contributed by atoms with van der Waals surface area (Å²) in [6.07, 6.45) is 2.08. The Hall–Kier alpha value is -1.65. The van der Waals surface area contributed by atoms with Gasteiger partial charge in [-0.1, -0.05) is 48.5 Å². The van der Waals surface area contributed by atoms with Crippen LogP contribution in [0, 0.1) is 0 Å². The fourth-order valence-electron chi connectivity index (χ4n) is 2.55. The summed E-state index contributed by atoms with van der Waals surface area (Å²) in [7, 11) is -3.51. The normalized spacial score (nSPS) is 13.6. The van der Waals surface area contributed by atoms with Gasteiger partial charge >= 0.3 is 0 Å². The minimum atomic E-state index is -3.51. The van der Waals surface area contributed by atoms with Crippen LogP contribution < -0.4 is 0 Å². The molecule has 2 rings (SSSR count). The van der Waals surface area contributed by atoms with E-state index in [9.17, 15) is 8.42 Å². The topological polar surface area (TPSA) is 43.4 Å². The highest BCUT2D eigenvalue weighted by atomic mass is 32.2. The van der Waals surface area contributed by atoms with E-state index < -0.39 is 20.9 Å². The van der Waals surface area contributed by atoms with Crippen molar-refractivity contribution >= 4 is 9.84 Å². The molecule has 0 aromatic heterocycles. The lowest BCUT2D eigenvalue weighted by Crippen LogP contribution is -2.33. The zero-order chi connectivity index (χ0) is 17.6. The molecule has 0 saturated carbocycles. The molecule has 0 radical (unpaired) electrons. The Balaban J connectivity index is 2.13. The van der Waals surface area contributed by atoms with Crippen molar-refractivity contribution in [2.45, 2.75) is 56.0 Å². The molecular formula is C20H26O3S. The molecule has 0 aliphatic rings. The maximum Gasteiger partial charge on any atom is 0.205 e. The summed E-state index contributed by atoms with van der Waals surface area (Å²) in [5.41, 5.74) is -0.132. The smallest absolute Gasteiger partial charge is 0.205 e. The standard InChI is InChI=1S/C20H26O3S/c1-20(2,3)23-19(16-10-13-17-11-6-4-7-12-17)24(21,22)18-14-8-5-9-15-18/h4-9,11-12,14-15,19H,10,13,16H2,1-3H3. The van der Waals surface area contributed by atoms with Crippen molar-refractivity contribution in [2.75, 3.05) is 0 Å². The maximum absolute atomic E-state index is 12.9. The van der Waals surface area contributed by atoms with E-state index in [1.165, 1.54) is 5.56 Å². The van der Waals surface area contributed by atoms with E-state index in [-0.39, 0.29) is 0 Å². The molecule has 0 N–H and O–H groups in total. The molecule has 24 heavy (non-hydrogen) atoms. The van der Waals surface area contributed by atoms with E-state index in [2.05, 4.69) is 12.1 Å². The second kappa shape index (κ2) is 7.95. The molecular weight excluding hydrogens is 320 g/mol. The number of rotatable bonds is 7. The third-order valence-corrected chi connectivity index (χ3v) is 5.60. The van der Waals surface area contributed by atoms with Gasteiger partial charge in [0, 0.05) is 0 Å². The highest BCUT2D eigenvalue weighted by molar-refractivity contribution is 7.91. The van der Waals surface area contributed by atoms with Crippen LogP contribution in [0.4, 0.5) is 0 Å². The highest BCUT2D eigenvalue weighted by Crippen LogP contribution is 2.25. The van der Waals surface area contributed by atoms with Gasteiger partial charge in [0.2, 0.25) is 9.84 Å². The fourth-order valence-corrected chi connectivity index (χ4v) is 4.28. The Morgan fingerprint density at radius 1 is 0.917 bits per heavy atom. The Bertz CT molecular complexity index is 716. The van der Waals surface area contributed by atoms with Gasteiger partial charge in [-0.2, -0.15) is 0 Å². The van der Waals surface area contributed by atoms with Crippen LogP contribution in [0.2, 0.25) is 0 Å². The van der Waals surface area contributed by atoms with Crippen LogP contribution in [0.15, 0.2) is 65.6 Å². The maximum atomic E-state index is 12.9. The van der Waals surface area contributed by atoms with Crippen molar-refractivity contribution in [2.24, 2.45) is 0 Å². The average Bonchev–Trinajstić information content (AvgIpc) is 2.54. The molecule has 130 valence electrons.